The summed E-state index contributed by atoms with van der Waals surface area (Å²) in [6.45, 7) is 4.21. The molecule has 0 unspecified atom stereocenters. The molecule has 0 amide bonds. The van der Waals surface area contributed by atoms with Gasteiger partial charge in [0.15, 0.2) is 0 Å². The van der Waals surface area contributed by atoms with Crippen LogP contribution < -0.4 is 0 Å². The van der Waals surface area contributed by atoms with E-state index < -0.39 is 0 Å². The molecule has 60 valence electrons. The first kappa shape index (κ1) is 8.41. The van der Waals surface area contributed by atoms with Gasteiger partial charge in [0.1, 0.15) is 0 Å². The highest BCUT2D eigenvalue weighted by molar-refractivity contribution is 7.98. The van der Waals surface area contributed by atoms with Gasteiger partial charge in [-0.1, -0.05) is 0 Å². The highest BCUT2D eigenvalue weighted by Gasteiger charge is 2.25. The molecule has 0 saturated carbocycles. The van der Waals surface area contributed by atoms with E-state index in [1.165, 1.54) is 42.7 Å². The molecule has 1 heterocycles. The zero-order valence-corrected chi connectivity index (χ0v) is 7.91. The number of quaternary nitrogens is 1. The number of thioether (sulfide) groups is 1. The van der Waals surface area contributed by atoms with E-state index in [2.05, 4.69) is 13.3 Å². The number of nitrogens with zero attached hydrogens (tertiary/aromatic N) is 1. The maximum atomic E-state index is 2.39. The van der Waals surface area contributed by atoms with E-state index in [9.17, 15) is 0 Å². The van der Waals surface area contributed by atoms with Crippen LogP contribution in [0.2, 0.25) is 0 Å². The van der Waals surface area contributed by atoms with Crippen molar-refractivity contribution in [2.45, 2.75) is 12.8 Å². The summed E-state index contributed by atoms with van der Waals surface area (Å²) >= 11 is 1.97. The molecule has 2 heteroatoms. The van der Waals surface area contributed by atoms with Crippen LogP contribution in [0.4, 0.5) is 0 Å². The molecule has 0 atom stereocenters. The molecule has 10 heavy (non-hydrogen) atoms. The van der Waals surface area contributed by atoms with Crippen molar-refractivity contribution in [1.29, 1.82) is 0 Å². The van der Waals surface area contributed by atoms with Crippen LogP contribution >= 0.6 is 11.8 Å². The molecular weight excluding hydrogens is 142 g/mol. The van der Waals surface area contributed by atoms with Crippen molar-refractivity contribution >= 4 is 11.8 Å². The normalized spacial score (nSPS) is 23.4. The Bertz CT molecular complexity index is 97.4. The van der Waals surface area contributed by atoms with E-state index in [-0.39, 0.29) is 0 Å². The Hall–Kier alpha value is 0.310. The van der Waals surface area contributed by atoms with Gasteiger partial charge in [-0.3, -0.25) is 0 Å². The Balaban J connectivity index is 2.22. The lowest BCUT2D eigenvalue weighted by Crippen LogP contribution is -2.42. The number of likely N-dealkylation sites (tertiary alicyclic amines) is 1. The van der Waals surface area contributed by atoms with E-state index >= 15 is 0 Å². The van der Waals surface area contributed by atoms with Crippen LogP contribution in [0.5, 0.6) is 0 Å². The molecule has 1 aliphatic rings. The summed E-state index contributed by atoms with van der Waals surface area (Å²) in [6, 6.07) is 0. The maximum absolute atomic E-state index is 2.39. The molecule has 0 bridgehead atoms. The van der Waals surface area contributed by atoms with Gasteiger partial charge in [0.05, 0.1) is 26.7 Å². The second-order valence-electron chi connectivity index (χ2n) is 3.49. The van der Waals surface area contributed by atoms with Crippen molar-refractivity contribution in [1.82, 2.24) is 0 Å². The second-order valence-corrected chi connectivity index (χ2v) is 4.48. The van der Waals surface area contributed by atoms with Crippen molar-refractivity contribution in [2.24, 2.45) is 0 Å². The zero-order valence-electron chi connectivity index (χ0n) is 7.10. The van der Waals surface area contributed by atoms with E-state index in [0.717, 1.165) is 0 Å². The Morgan fingerprint density at radius 2 is 1.90 bits per heavy atom. The smallest absolute Gasteiger partial charge is 0.0876 e. The largest absolute Gasteiger partial charge is 0.325 e. The van der Waals surface area contributed by atoms with E-state index in [1.54, 1.807) is 0 Å². The summed E-state index contributed by atoms with van der Waals surface area (Å²) in [5, 5.41) is 0. The first-order chi connectivity index (χ1) is 4.77. The molecule has 1 aliphatic heterocycles. The van der Waals surface area contributed by atoms with E-state index in [0.29, 0.717) is 0 Å². The third kappa shape index (κ3) is 2.17. The molecule has 1 nitrogen and oxygen atoms in total. The van der Waals surface area contributed by atoms with Crippen LogP contribution in [0.25, 0.3) is 0 Å². The predicted molar refractivity (Wildman–Crippen MR) is 48.4 cm³/mol. The van der Waals surface area contributed by atoms with Crippen molar-refractivity contribution in [2.75, 3.05) is 38.7 Å². The molecule has 0 aromatic carbocycles. The molecule has 0 aliphatic carbocycles. The van der Waals surface area contributed by atoms with Gasteiger partial charge in [-0.05, 0) is 6.26 Å². The maximum Gasteiger partial charge on any atom is 0.0876 e. The van der Waals surface area contributed by atoms with Crippen LogP contribution in [-0.2, 0) is 0 Å². The molecular formula is C8H18NS+. The van der Waals surface area contributed by atoms with E-state index in [1.807, 2.05) is 11.8 Å². The summed E-state index contributed by atoms with van der Waals surface area (Å²) in [5.74, 6) is 1.33. The lowest BCUT2D eigenvalue weighted by atomic mass is 10.4. The monoisotopic (exact) mass is 160 g/mol. The fourth-order valence-electron chi connectivity index (χ4n) is 1.63. The lowest BCUT2D eigenvalue weighted by molar-refractivity contribution is -0.895. The Kier molecular flexibility index (Phi) is 3.05. The third-order valence-electron chi connectivity index (χ3n) is 2.48. The fraction of sp³-hybridized carbons (Fsp3) is 1.00. The molecule has 0 aromatic rings. The first-order valence-corrected chi connectivity index (χ1v) is 5.49. The van der Waals surface area contributed by atoms with E-state index in [4.69, 9.17) is 0 Å². The highest BCUT2D eigenvalue weighted by atomic mass is 32.2. The summed E-state index contributed by atoms with van der Waals surface area (Å²) in [5.41, 5.74) is 0. The summed E-state index contributed by atoms with van der Waals surface area (Å²) in [6.07, 6.45) is 5.10. The minimum absolute atomic E-state index is 1.33. The van der Waals surface area contributed by atoms with Gasteiger partial charge in [-0.2, -0.15) is 11.8 Å². The quantitative estimate of drug-likeness (QED) is 0.565. The van der Waals surface area contributed by atoms with Crippen LogP contribution in [0.3, 0.4) is 0 Å². The molecule has 0 N–H and O–H groups in total. The number of hydrogen-bond donors (Lipinski definition) is 0. The summed E-state index contributed by atoms with van der Waals surface area (Å²) < 4.78 is 1.33. The zero-order chi connectivity index (χ0) is 7.45. The standard InChI is InChI=1S/C8H18NS/c1-9(7-8-10-2)5-3-4-6-9/h3-8H2,1-2H3/q+1. The van der Waals surface area contributed by atoms with Crippen LogP contribution in [-0.4, -0.2) is 43.2 Å². The van der Waals surface area contributed by atoms with Gasteiger partial charge in [0.25, 0.3) is 0 Å². The Morgan fingerprint density at radius 3 is 2.40 bits per heavy atom. The number of hydrogen-bond acceptors (Lipinski definition) is 1. The first-order valence-electron chi connectivity index (χ1n) is 4.09. The van der Waals surface area contributed by atoms with Crippen LogP contribution in [0, 0.1) is 0 Å². The van der Waals surface area contributed by atoms with Gasteiger partial charge in [0, 0.05) is 18.6 Å². The molecule has 0 spiro atoms. The summed E-state index contributed by atoms with van der Waals surface area (Å²) in [4.78, 5) is 0. The van der Waals surface area contributed by atoms with Crippen molar-refractivity contribution in [3.63, 3.8) is 0 Å². The average Bonchev–Trinajstić information content (AvgIpc) is 2.33. The van der Waals surface area contributed by atoms with Crippen molar-refractivity contribution < 1.29 is 4.48 Å². The molecule has 1 rings (SSSR count). The third-order valence-corrected chi connectivity index (χ3v) is 3.07. The minimum Gasteiger partial charge on any atom is -0.325 e. The fourth-order valence-corrected chi connectivity index (χ4v) is 2.26. The molecule has 1 fully saturated rings. The topological polar surface area (TPSA) is 0 Å². The second kappa shape index (κ2) is 3.63. The summed E-state index contributed by atoms with van der Waals surface area (Å²) in [7, 11) is 2.39. The SMILES string of the molecule is CSCC[N+]1(C)CCCC1. The Labute approximate surface area is 68.4 Å². The molecule has 0 aromatic heterocycles. The van der Waals surface area contributed by atoms with Gasteiger partial charge in [-0.25, -0.2) is 0 Å². The number of rotatable bonds is 3. The van der Waals surface area contributed by atoms with Crippen LogP contribution in [0.1, 0.15) is 12.8 Å². The molecule has 1 saturated heterocycles. The predicted octanol–water partition coefficient (Wildman–Crippen LogP) is 1.59. The van der Waals surface area contributed by atoms with Gasteiger partial charge < -0.3 is 4.48 Å². The minimum atomic E-state index is 1.33. The van der Waals surface area contributed by atoms with Gasteiger partial charge >= 0.3 is 0 Å². The van der Waals surface area contributed by atoms with Gasteiger partial charge in [0.2, 0.25) is 0 Å². The van der Waals surface area contributed by atoms with Crippen molar-refractivity contribution in [3.05, 3.63) is 0 Å². The van der Waals surface area contributed by atoms with Crippen LogP contribution in [0.15, 0.2) is 0 Å². The lowest BCUT2D eigenvalue weighted by Gasteiger charge is -2.28. The average molecular weight is 160 g/mol. The molecule has 0 radical (unpaired) electrons. The highest BCUT2D eigenvalue weighted by Crippen LogP contribution is 2.16. The Morgan fingerprint density at radius 1 is 1.30 bits per heavy atom. The van der Waals surface area contributed by atoms with Gasteiger partial charge in [-0.15, -0.1) is 0 Å². The van der Waals surface area contributed by atoms with Crippen molar-refractivity contribution in [3.8, 4) is 0 Å².